The van der Waals surface area contributed by atoms with E-state index in [9.17, 15) is 19.5 Å². The highest BCUT2D eigenvalue weighted by Crippen LogP contribution is 2.55. The Bertz CT molecular complexity index is 1340. The SMILES string of the molecule is COC(=O)C(C)(CC(C)(C)C)C(C)C(C)(C)CC(C)(C(=O)OCCO)C(C)C(C)CC(C)(C(=O)Oc1c(C(C)(C)C)cccc1C(C)(C)C)C(C)C. The molecular weight excluding hydrogens is 652 g/mol. The molecule has 0 radical (unpaired) electrons. The Kier molecular flexibility index (Phi) is 15.5. The maximum absolute atomic E-state index is 14.6. The number of hydrogen-bond donors (Lipinski definition) is 1. The Morgan fingerprint density at radius 2 is 1.15 bits per heavy atom. The Balaban J connectivity index is 3.74. The van der Waals surface area contributed by atoms with Gasteiger partial charge in [0, 0.05) is 11.1 Å². The number of ether oxygens (including phenoxy) is 3. The number of aliphatic hydroxyl groups is 1. The first-order chi connectivity index (χ1) is 23.3. The minimum atomic E-state index is -1.01. The number of aliphatic hydroxyl groups excluding tert-OH is 1. The Labute approximate surface area is 318 Å². The van der Waals surface area contributed by atoms with Gasteiger partial charge in [0.15, 0.2) is 0 Å². The highest BCUT2D eigenvalue weighted by Gasteiger charge is 2.54. The lowest BCUT2D eigenvalue weighted by molar-refractivity contribution is -0.168. The molecule has 0 aliphatic carbocycles. The summed E-state index contributed by atoms with van der Waals surface area (Å²) >= 11 is 0. The van der Waals surface area contributed by atoms with E-state index in [1.807, 2.05) is 39.0 Å². The fraction of sp³-hybridized carbons (Fsp3) is 0.800. The quantitative estimate of drug-likeness (QED) is 0.133. The normalized spacial score (nSPS) is 18.3. The number of rotatable bonds is 16. The number of hydrogen-bond acceptors (Lipinski definition) is 7. The molecule has 7 nitrogen and oxygen atoms in total. The Morgan fingerprint density at radius 1 is 0.673 bits per heavy atom. The minimum absolute atomic E-state index is 0.0586. The van der Waals surface area contributed by atoms with Crippen molar-refractivity contribution in [2.75, 3.05) is 20.3 Å². The number of para-hydroxylation sites is 1. The second-order valence-corrected chi connectivity index (χ2v) is 20.9. The summed E-state index contributed by atoms with van der Waals surface area (Å²) in [5.41, 5.74) is -1.87. The third kappa shape index (κ3) is 11.1. The van der Waals surface area contributed by atoms with Crippen LogP contribution >= 0.6 is 0 Å². The van der Waals surface area contributed by atoms with E-state index in [1.54, 1.807) is 0 Å². The maximum atomic E-state index is 14.6. The molecule has 0 bridgehead atoms. The van der Waals surface area contributed by atoms with Crippen molar-refractivity contribution in [3.63, 3.8) is 0 Å². The van der Waals surface area contributed by atoms with Gasteiger partial charge in [0.1, 0.15) is 12.4 Å². The second-order valence-electron chi connectivity index (χ2n) is 20.9. The summed E-state index contributed by atoms with van der Waals surface area (Å²) in [5.74, 6) is -0.876. The molecule has 0 saturated heterocycles. The topological polar surface area (TPSA) is 99.1 Å². The lowest BCUT2D eigenvalue weighted by atomic mass is 9.54. The molecule has 6 atom stereocenters. The van der Waals surface area contributed by atoms with E-state index >= 15 is 0 Å². The number of carbonyl (C=O) groups is 3. The molecule has 1 rings (SSSR count). The van der Waals surface area contributed by atoms with E-state index in [-0.39, 0.29) is 71.0 Å². The smallest absolute Gasteiger partial charge is 0.317 e. The van der Waals surface area contributed by atoms with E-state index in [1.165, 1.54) is 7.11 Å². The lowest BCUT2D eigenvalue weighted by Gasteiger charge is -2.50. The van der Waals surface area contributed by atoms with Gasteiger partial charge in [-0.1, -0.05) is 129 Å². The van der Waals surface area contributed by atoms with Crippen molar-refractivity contribution < 1.29 is 33.7 Å². The average molecular weight is 731 g/mol. The van der Waals surface area contributed by atoms with E-state index in [2.05, 4.69) is 111 Å². The molecule has 0 spiro atoms. The summed E-state index contributed by atoms with van der Waals surface area (Å²) in [4.78, 5) is 42.2. The van der Waals surface area contributed by atoms with E-state index < -0.39 is 21.7 Å². The molecule has 0 aliphatic rings. The van der Waals surface area contributed by atoms with E-state index in [0.717, 1.165) is 11.1 Å². The molecule has 52 heavy (non-hydrogen) atoms. The predicted molar refractivity (Wildman–Crippen MR) is 213 cm³/mol. The number of benzene rings is 1. The van der Waals surface area contributed by atoms with Gasteiger partial charge in [-0.3, -0.25) is 14.4 Å². The van der Waals surface area contributed by atoms with Crippen molar-refractivity contribution in [3.8, 4) is 5.75 Å². The second kappa shape index (κ2) is 16.9. The molecule has 0 amide bonds. The van der Waals surface area contributed by atoms with Crippen LogP contribution in [0.25, 0.3) is 0 Å². The van der Waals surface area contributed by atoms with Crippen LogP contribution in [0.4, 0.5) is 0 Å². The van der Waals surface area contributed by atoms with Gasteiger partial charge in [-0.25, -0.2) is 0 Å². The van der Waals surface area contributed by atoms with Gasteiger partial charge in [0.25, 0.3) is 0 Å². The van der Waals surface area contributed by atoms with E-state index in [0.29, 0.717) is 25.0 Å². The van der Waals surface area contributed by atoms with Crippen molar-refractivity contribution >= 4 is 17.9 Å². The van der Waals surface area contributed by atoms with Crippen LogP contribution in [0.3, 0.4) is 0 Å². The van der Waals surface area contributed by atoms with Crippen molar-refractivity contribution in [1.82, 2.24) is 0 Å². The summed E-state index contributed by atoms with van der Waals surface area (Å²) in [6.45, 7) is 39.3. The lowest BCUT2D eigenvalue weighted by Crippen LogP contribution is -2.50. The fourth-order valence-corrected chi connectivity index (χ4v) is 8.49. The minimum Gasteiger partial charge on any atom is -0.469 e. The van der Waals surface area contributed by atoms with Gasteiger partial charge >= 0.3 is 17.9 Å². The summed E-state index contributed by atoms with van der Waals surface area (Å²) in [7, 11) is 1.44. The van der Waals surface area contributed by atoms with Crippen LogP contribution in [0.1, 0.15) is 162 Å². The Morgan fingerprint density at radius 3 is 1.54 bits per heavy atom. The van der Waals surface area contributed by atoms with Crippen molar-refractivity contribution in [1.29, 1.82) is 0 Å². The van der Waals surface area contributed by atoms with Crippen molar-refractivity contribution in [3.05, 3.63) is 29.3 Å². The number of carbonyl (C=O) groups excluding carboxylic acids is 3. The van der Waals surface area contributed by atoms with Gasteiger partial charge in [0.2, 0.25) is 0 Å². The first-order valence-electron chi connectivity index (χ1n) is 19.5. The van der Waals surface area contributed by atoms with Gasteiger partial charge in [-0.05, 0) is 85.4 Å². The van der Waals surface area contributed by atoms with Crippen LogP contribution in [-0.4, -0.2) is 43.3 Å². The van der Waals surface area contributed by atoms with Gasteiger partial charge in [-0.15, -0.1) is 0 Å². The monoisotopic (exact) mass is 731 g/mol. The molecule has 0 fully saturated rings. The molecule has 7 heteroatoms. The number of esters is 3. The van der Waals surface area contributed by atoms with Crippen LogP contribution in [0.15, 0.2) is 18.2 Å². The molecule has 1 aromatic rings. The third-order valence-corrected chi connectivity index (χ3v) is 12.5. The zero-order valence-electron chi connectivity index (χ0n) is 37.0. The molecule has 0 saturated carbocycles. The molecule has 300 valence electrons. The van der Waals surface area contributed by atoms with Gasteiger partial charge in [0.05, 0.1) is 30.0 Å². The number of methoxy groups -OCH3 is 1. The van der Waals surface area contributed by atoms with E-state index in [4.69, 9.17) is 14.2 Å². The summed E-state index contributed by atoms with van der Waals surface area (Å²) in [5, 5.41) is 9.61. The fourth-order valence-electron chi connectivity index (χ4n) is 8.49. The molecule has 0 heterocycles. The highest BCUT2D eigenvalue weighted by molar-refractivity contribution is 5.80. The summed E-state index contributed by atoms with van der Waals surface area (Å²) in [6, 6.07) is 6.14. The van der Waals surface area contributed by atoms with Crippen molar-refractivity contribution in [2.45, 2.75) is 162 Å². The molecule has 0 aliphatic heterocycles. The molecular formula is C45H78O7. The van der Waals surface area contributed by atoms with Crippen LogP contribution in [0.5, 0.6) is 5.75 Å². The summed E-state index contributed by atoms with van der Waals surface area (Å²) < 4.78 is 17.6. The largest absolute Gasteiger partial charge is 0.469 e. The standard InChI is InChI=1S/C45H78O7/c1-29(2)43(17,38(49)52-35-33(40(9,10)11)22-21-23-34(35)41(12,13)14)26-30(3)31(4)44(18,37(48)51-25-24-46)28-42(15,16)32(5)45(19,36(47)50-20)27-39(6,7)8/h21-23,29-32,46H,24-28H2,1-20H3. The Hall–Kier alpha value is -2.41. The van der Waals surface area contributed by atoms with Gasteiger partial charge < -0.3 is 19.3 Å². The summed E-state index contributed by atoms with van der Waals surface area (Å²) in [6.07, 6.45) is 1.51. The zero-order chi connectivity index (χ0) is 41.1. The third-order valence-electron chi connectivity index (χ3n) is 12.5. The van der Waals surface area contributed by atoms with Gasteiger partial charge in [-0.2, -0.15) is 0 Å². The first-order valence-corrected chi connectivity index (χ1v) is 19.5. The van der Waals surface area contributed by atoms with Crippen LogP contribution in [-0.2, 0) is 34.7 Å². The highest BCUT2D eigenvalue weighted by atomic mass is 16.5. The molecule has 6 unspecified atom stereocenters. The van der Waals surface area contributed by atoms with Crippen LogP contribution < -0.4 is 4.74 Å². The molecule has 1 aromatic carbocycles. The van der Waals surface area contributed by atoms with Crippen LogP contribution in [0.2, 0.25) is 0 Å². The first kappa shape index (κ1) is 47.6. The maximum Gasteiger partial charge on any atom is 0.317 e. The average Bonchev–Trinajstić information content (AvgIpc) is 2.99. The molecule has 0 aromatic heterocycles. The predicted octanol–water partition coefficient (Wildman–Crippen LogP) is 10.7. The zero-order valence-corrected chi connectivity index (χ0v) is 37.0. The molecule has 1 N–H and O–H groups in total. The van der Waals surface area contributed by atoms with Crippen LogP contribution in [0, 0.1) is 50.7 Å². The van der Waals surface area contributed by atoms with Crippen molar-refractivity contribution in [2.24, 2.45) is 50.7 Å².